The van der Waals surface area contributed by atoms with Crippen LogP contribution in [0.1, 0.15) is 57.1 Å². The zero-order chi connectivity index (χ0) is 19.6. The van der Waals surface area contributed by atoms with Crippen molar-refractivity contribution < 1.29 is 23.8 Å². The van der Waals surface area contributed by atoms with Crippen molar-refractivity contribution in [1.82, 2.24) is 13.6 Å². The maximum Gasteiger partial charge on any atom is 0.335 e. The van der Waals surface area contributed by atoms with E-state index in [4.69, 9.17) is 14.2 Å². The molecule has 5 heterocycles. The fourth-order valence-corrected chi connectivity index (χ4v) is 4.92. The van der Waals surface area contributed by atoms with Crippen molar-refractivity contribution in [3.8, 4) is 5.88 Å². The second-order valence-electron chi connectivity index (χ2n) is 7.47. The summed E-state index contributed by atoms with van der Waals surface area (Å²) in [4.78, 5) is 26.4. The third kappa shape index (κ3) is 3.53. The fourth-order valence-electron chi connectivity index (χ4n) is 4.38. The number of fused-ring (bicyclic) bond motifs is 2. The van der Waals surface area contributed by atoms with Crippen LogP contribution in [0.25, 0.3) is 0 Å². The summed E-state index contributed by atoms with van der Waals surface area (Å²) in [5.41, 5.74) is 0.623. The van der Waals surface area contributed by atoms with E-state index in [1.54, 1.807) is 0 Å². The lowest BCUT2D eigenvalue weighted by Crippen LogP contribution is -2.66. The molecule has 1 spiro atoms. The molecule has 1 aromatic heterocycles. The topological polar surface area (TPSA) is 90.9 Å². The van der Waals surface area contributed by atoms with E-state index < -0.39 is 23.8 Å². The van der Waals surface area contributed by atoms with Gasteiger partial charge in [0.25, 0.3) is 0 Å². The van der Waals surface area contributed by atoms with E-state index in [0.717, 1.165) is 56.0 Å². The zero-order valence-electron chi connectivity index (χ0n) is 16.0. The molecule has 0 saturated carbocycles. The molecule has 0 radical (unpaired) electrons. The minimum Gasteiger partial charge on any atom is -0.476 e. The Morgan fingerprint density at radius 3 is 2.54 bits per heavy atom. The van der Waals surface area contributed by atoms with Gasteiger partial charge < -0.3 is 14.2 Å². The average molecular weight is 407 g/mol. The highest BCUT2D eigenvalue weighted by molar-refractivity contribution is 6.99. The quantitative estimate of drug-likeness (QED) is 0.503. The molecule has 0 amide bonds. The lowest BCUT2D eigenvalue weighted by atomic mass is 9.74. The number of unbranched alkanes of at least 4 members (excludes halogenated alkanes) is 3. The second-order valence-corrected chi connectivity index (χ2v) is 8.00. The van der Waals surface area contributed by atoms with E-state index >= 15 is 0 Å². The summed E-state index contributed by atoms with van der Waals surface area (Å²) in [6, 6.07) is 0. The Kier molecular flexibility index (Phi) is 5.63. The van der Waals surface area contributed by atoms with Gasteiger partial charge in [0.1, 0.15) is 11.6 Å². The SMILES string of the molecule is CCCCCCOc1nsnc1C1C2CCN(CC2)C12OC(=O)C=CC(=O)O2. The summed E-state index contributed by atoms with van der Waals surface area (Å²) >= 11 is 1.07. The Morgan fingerprint density at radius 1 is 1.14 bits per heavy atom. The van der Waals surface area contributed by atoms with Gasteiger partial charge in [-0.3, -0.25) is 0 Å². The standard InChI is InChI=1S/C19H25N3O5S/c1-2-3-4-5-12-25-18-17(20-28-21-18)16-13-8-10-22(11-9-13)19(16)26-14(23)6-7-15(24)27-19/h6-7,13,16H,2-5,8-12H2,1H3. The van der Waals surface area contributed by atoms with Crippen molar-refractivity contribution in [2.24, 2.45) is 5.92 Å². The van der Waals surface area contributed by atoms with Crippen molar-refractivity contribution in [2.75, 3.05) is 19.7 Å². The molecule has 8 nitrogen and oxygen atoms in total. The highest BCUT2D eigenvalue weighted by Crippen LogP contribution is 2.52. The number of aromatic nitrogens is 2. The summed E-state index contributed by atoms with van der Waals surface area (Å²) in [5, 5.41) is 0. The highest BCUT2D eigenvalue weighted by Gasteiger charge is 2.62. The van der Waals surface area contributed by atoms with E-state index in [2.05, 4.69) is 15.7 Å². The zero-order valence-corrected chi connectivity index (χ0v) is 16.8. The van der Waals surface area contributed by atoms with Crippen LogP contribution in [0.2, 0.25) is 0 Å². The minimum absolute atomic E-state index is 0.176. The van der Waals surface area contributed by atoms with Crippen LogP contribution in [-0.4, -0.2) is 51.2 Å². The Labute approximate surface area is 168 Å². The number of nitrogens with zero attached hydrogens (tertiary/aromatic N) is 3. The predicted molar refractivity (Wildman–Crippen MR) is 101 cm³/mol. The van der Waals surface area contributed by atoms with Crippen molar-refractivity contribution in [2.45, 2.75) is 57.3 Å². The van der Waals surface area contributed by atoms with Crippen LogP contribution < -0.4 is 4.74 Å². The Hall–Kier alpha value is -2.00. The molecular formula is C19H25N3O5S. The number of rotatable bonds is 7. The van der Waals surface area contributed by atoms with Gasteiger partial charge in [-0.1, -0.05) is 26.2 Å². The number of piperidine rings is 3. The summed E-state index contributed by atoms with van der Waals surface area (Å²) < 4.78 is 26.2. The molecule has 1 unspecified atom stereocenters. The molecule has 2 bridgehead atoms. The van der Waals surface area contributed by atoms with Crippen molar-refractivity contribution in [3.05, 3.63) is 17.8 Å². The molecule has 3 fully saturated rings. The molecule has 1 aromatic rings. The first-order valence-corrected chi connectivity index (χ1v) is 10.7. The lowest BCUT2D eigenvalue weighted by Gasteiger charge is -2.54. The normalized spacial score (nSPS) is 28.1. The van der Waals surface area contributed by atoms with Gasteiger partial charge in [0, 0.05) is 25.2 Å². The third-order valence-corrected chi connectivity index (χ3v) is 6.23. The van der Waals surface area contributed by atoms with Crippen LogP contribution >= 0.6 is 11.7 Å². The first-order valence-electron chi connectivity index (χ1n) is 9.98. The molecule has 0 aromatic carbocycles. The smallest absolute Gasteiger partial charge is 0.335 e. The molecule has 28 heavy (non-hydrogen) atoms. The Morgan fingerprint density at radius 2 is 1.86 bits per heavy atom. The van der Waals surface area contributed by atoms with E-state index in [1.807, 2.05) is 4.90 Å². The van der Waals surface area contributed by atoms with Crippen LogP contribution in [0, 0.1) is 5.92 Å². The highest BCUT2D eigenvalue weighted by atomic mass is 32.1. The van der Waals surface area contributed by atoms with Gasteiger partial charge in [-0.25, -0.2) is 14.5 Å². The number of carbonyl (C=O) groups is 2. The van der Waals surface area contributed by atoms with Gasteiger partial charge in [0.05, 0.1) is 18.3 Å². The van der Waals surface area contributed by atoms with Crippen LogP contribution in [-0.2, 0) is 19.1 Å². The minimum atomic E-state index is -1.48. The molecule has 152 valence electrons. The van der Waals surface area contributed by atoms with E-state index in [0.29, 0.717) is 31.3 Å². The Bertz CT molecular complexity index is 737. The number of ether oxygens (including phenoxy) is 3. The molecule has 4 aliphatic rings. The number of esters is 2. The molecule has 4 aliphatic heterocycles. The van der Waals surface area contributed by atoms with Crippen LogP contribution in [0.3, 0.4) is 0 Å². The van der Waals surface area contributed by atoms with Gasteiger partial charge in [-0.05, 0) is 25.2 Å². The van der Waals surface area contributed by atoms with Gasteiger partial charge in [-0.2, -0.15) is 4.37 Å². The maximum absolute atomic E-state index is 12.2. The van der Waals surface area contributed by atoms with Gasteiger partial charge in [0.2, 0.25) is 5.88 Å². The lowest BCUT2D eigenvalue weighted by molar-refractivity contribution is -0.324. The second kappa shape index (κ2) is 8.16. The summed E-state index contributed by atoms with van der Waals surface area (Å²) in [5.74, 6) is -2.43. The van der Waals surface area contributed by atoms with E-state index in [9.17, 15) is 9.59 Å². The predicted octanol–water partition coefficient (Wildman–Crippen LogP) is 2.62. The van der Waals surface area contributed by atoms with Crippen LogP contribution in [0.15, 0.2) is 12.2 Å². The van der Waals surface area contributed by atoms with Crippen molar-refractivity contribution in [1.29, 1.82) is 0 Å². The summed E-state index contributed by atoms with van der Waals surface area (Å²) in [6.45, 7) is 4.13. The van der Waals surface area contributed by atoms with Crippen molar-refractivity contribution >= 4 is 23.7 Å². The molecule has 0 aliphatic carbocycles. The molecule has 9 heteroatoms. The van der Waals surface area contributed by atoms with Gasteiger partial charge in [0.15, 0.2) is 0 Å². The van der Waals surface area contributed by atoms with Gasteiger partial charge >= 0.3 is 17.8 Å². The first kappa shape index (κ1) is 19.3. The molecule has 0 N–H and O–H groups in total. The summed E-state index contributed by atoms with van der Waals surface area (Å²) in [7, 11) is 0. The molecular weight excluding hydrogens is 382 g/mol. The molecule has 3 saturated heterocycles. The Balaban J connectivity index is 1.61. The van der Waals surface area contributed by atoms with Crippen LogP contribution in [0.4, 0.5) is 0 Å². The number of hydrogen-bond donors (Lipinski definition) is 0. The van der Waals surface area contributed by atoms with Crippen molar-refractivity contribution in [3.63, 3.8) is 0 Å². The number of hydrogen-bond acceptors (Lipinski definition) is 9. The summed E-state index contributed by atoms with van der Waals surface area (Å²) in [6.07, 6.45) is 8.45. The first-order chi connectivity index (χ1) is 13.6. The fraction of sp³-hybridized carbons (Fsp3) is 0.684. The average Bonchev–Trinajstić information content (AvgIpc) is 3.09. The molecule has 1 atom stereocenters. The number of carbonyl (C=O) groups excluding carboxylic acids is 2. The maximum atomic E-state index is 12.2. The van der Waals surface area contributed by atoms with E-state index in [-0.39, 0.29) is 5.92 Å². The molecule has 5 rings (SSSR count). The monoisotopic (exact) mass is 407 g/mol. The third-order valence-electron chi connectivity index (χ3n) is 5.71. The largest absolute Gasteiger partial charge is 0.476 e. The van der Waals surface area contributed by atoms with Gasteiger partial charge in [-0.15, -0.1) is 4.37 Å². The van der Waals surface area contributed by atoms with Crippen LogP contribution in [0.5, 0.6) is 5.88 Å². The van der Waals surface area contributed by atoms with E-state index in [1.165, 1.54) is 6.42 Å².